The van der Waals surface area contributed by atoms with Crippen LogP contribution in [0, 0.1) is 11.8 Å². The molecular weight excluding hydrogens is 214 g/mol. The van der Waals surface area contributed by atoms with E-state index in [1.165, 1.54) is 12.8 Å². The van der Waals surface area contributed by atoms with Gasteiger partial charge in [-0.15, -0.1) is 0 Å². The summed E-state index contributed by atoms with van der Waals surface area (Å²) in [5, 5.41) is 12.8. The minimum Gasteiger partial charge on any atom is -0.480 e. The molecule has 0 aromatic heterocycles. The van der Waals surface area contributed by atoms with Crippen LogP contribution < -0.4 is 5.32 Å². The van der Waals surface area contributed by atoms with Crippen LogP contribution in [0.5, 0.6) is 0 Å². The van der Waals surface area contributed by atoms with E-state index in [9.17, 15) is 9.90 Å². The molecule has 1 aliphatic rings. The van der Waals surface area contributed by atoms with E-state index in [0.717, 1.165) is 18.8 Å². The monoisotopic (exact) mass is 241 g/mol. The van der Waals surface area contributed by atoms with E-state index >= 15 is 0 Å². The normalized spacial score (nSPS) is 33.1. The van der Waals surface area contributed by atoms with Crippen molar-refractivity contribution in [2.75, 3.05) is 0 Å². The number of rotatable bonds is 5. The van der Waals surface area contributed by atoms with Crippen molar-refractivity contribution in [1.29, 1.82) is 0 Å². The standard InChI is InChI=1S/C14H27NO2/c1-5-8-14(4,13(16)17)15-12-7-6-10(2)9-11(12)3/h10-12,15H,5-9H2,1-4H3,(H,16,17). The van der Waals surface area contributed by atoms with Gasteiger partial charge >= 0.3 is 5.97 Å². The summed E-state index contributed by atoms with van der Waals surface area (Å²) >= 11 is 0. The lowest BCUT2D eigenvalue weighted by atomic mass is 9.78. The van der Waals surface area contributed by atoms with Gasteiger partial charge < -0.3 is 5.11 Å². The van der Waals surface area contributed by atoms with Crippen molar-refractivity contribution >= 4 is 5.97 Å². The van der Waals surface area contributed by atoms with Crippen LogP contribution in [0.2, 0.25) is 0 Å². The van der Waals surface area contributed by atoms with Gasteiger partial charge in [0.25, 0.3) is 0 Å². The predicted octanol–water partition coefficient (Wildman–Crippen LogP) is 3.04. The fraction of sp³-hybridized carbons (Fsp3) is 0.929. The number of carbonyl (C=O) groups is 1. The molecule has 0 aliphatic heterocycles. The predicted molar refractivity (Wildman–Crippen MR) is 70.1 cm³/mol. The molecule has 3 heteroatoms. The first kappa shape index (κ1) is 14.5. The zero-order chi connectivity index (χ0) is 13.1. The van der Waals surface area contributed by atoms with Gasteiger partial charge in [-0.25, -0.2) is 0 Å². The molecule has 0 bridgehead atoms. The van der Waals surface area contributed by atoms with Crippen molar-refractivity contribution in [3.63, 3.8) is 0 Å². The first-order valence-electron chi connectivity index (χ1n) is 6.90. The average Bonchev–Trinajstić information content (AvgIpc) is 2.22. The Kier molecular flexibility index (Phi) is 4.99. The highest BCUT2D eigenvalue weighted by atomic mass is 16.4. The number of aliphatic carboxylic acids is 1. The van der Waals surface area contributed by atoms with E-state index in [-0.39, 0.29) is 0 Å². The summed E-state index contributed by atoms with van der Waals surface area (Å²) in [6, 6.07) is 0.360. The molecule has 0 heterocycles. The molecule has 0 amide bonds. The van der Waals surface area contributed by atoms with Gasteiger partial charge in [0.15, 0.2) is 0 Å². The average molecular weight is 241 g/mol. The van der Waals surface area contributed by atoms with Crippen molar-refractivity contribution in [1.82, 2.24) is 5.32 Å². The highest BCUT2D eigenvalue weighted by Gasteiger charge is 2.37. The Labute approximate surface area is 105 Å². The van der Waals surface area contributed by atoms with E-state index in [0.29, 0.717) is 18.4 Å². The molecule has 1 saturated carbocycles. The molecule has 2 N–H and O–H groups in total. The van der Waals surface area contributed by atoms with Crippen LogP contribution in [0.25, 0.3) is 0 Å². The Morgan fingerprint density at radius 1 is 1.41 bits per heavy atom. The Morgan fingerprint density at radius 3 is 2.53 bits per heavy atom. The molecular formula is C14H27NO2. The minimum absolute atomic E-state index is 0.360. The number of carboxylic acids is 1. The van der Waals surface area contributed by atoms with Crippen LogP contribution in [0.1, 0.15) is 59.8 Å². The Bertz CT molecular complexity index is 267. The van der Waals surface area contributed by atoms with E-state index in [2.05, 4.69) is 19.2 Å². The molecule has 100 valence electrons. The van der Waals surface area contributed by atoms with Crippen LogP contribution in [0.15, 0.2) is 0 Å². The third-order valence-corrected chi connectivity index (χ3v) is 4.16. The van der Waals surface area contributed by atoms with Crippen molar-refractivity contribution in [3.8, 4) is 0 Å². The molecule has 1 fully saturated rings. The maximum Gasteiger partial charge on any atom is 0.323 e. The number of hydrogen-bond donors (Lipinski definition) is 2. The summed E-state index contributed by atoms with van der Waals surface area (Å²) in [7, 11) is 0. The maximum atomic E-state index is 11.4. The van der Waals surface area contributed by atoms with Crippen LogP contribution in [0.3, 0.4) is 0 Å². The number of carboxylic acid groups (broad SMARTS) is 1. The molecule has 0 radical (unpaired) electrons. The molecule has 3 nitrogen and oxygen atoms in total. The van der Waals surface area contributed by atoms with E-state index in [1.54, 1.807) is 0 Å². The lowest BCUT2D eigenvalue weighted by Crippen LogP contribution is -2.56. The summed E-state index contributed by atoms with van der Waals surface area (Å²) in [5.74, 6) is 0.643. The third kappa shape index (κ3) is 3.70. The van der Waals surface area contributed by atoms with Gasteiger partial charge in [-0.2, -0.15) is 0 Å². The lowest BCUT2D eigenvalue weighted by molar-refractivity contribution is -0.145. The second-order valence-electron chi connectivity index (χ2n) is 6.03. The molecule has 1 rings (SSSR count). The molecule has 0 aromatic rings. The van der Waals surface area contributed by atoms with Gasteiger partial charge in [-0.05, 0) is 44.4 Å². The Balaban J connectivity index is 2.64. The Hall–Kier alpha value is -0.570. The summed E-state index contributed by atoms with van der Waals surface area (Å²) in [6.45, 7) is 8.38. The largest absolute Gasteiger partial charge is 0.480 e. The van der Waals surface area contributed by atoms with Crippen LogP contribution in [-0.4, -0.2) is 22.7 Å². The number of nitrogens with one attached hydrogen (secondary N) is 1. The van der Waals surface area contributed by atoms with Gasteiger partial charge in [0.1, 0.15) is 5.54 Å². The van der Waals surface area contributed by atoms with Crippen molar-refractivity contribution in [2.24, 2.45) is 11.8 Å². The summed E-state index contributed by atoms with van der Waals surface area (Å²) < 4.78 is 0. The maximum absolute atomic E-state index is 11.4. The van der Waals surface area contributed by atoms with Crippen molar-refractivity contribution in [2.45, 2.75) is 71.4 Å². The molecule has 0 spiro atoms. The van der Waals surface area contributed by atoms with Crippen LogP contribution in [-0.2, 0) is 4.79 Å². The second kappa shape index (κ2) is 5.85. The smallest absolute Gasteiger partial charge is 0.323 e. The zero-order valence-electron chi connectivity index (χ0n) is 11.6. The van der Waals surface area contributed by atoms with E-state index in [1.807, 2.05) is 13.8 Å². The van der Waals surface area contributed by atoms with Gasteiger partial charge in [0.05, 0.1) is 0 Å². The lowest BCUT2D eigenvalue weighted by Gasteiger charge is -2.39. The molecule has 0 saturated heterocycles. The van der Waals surface area contributed by atoms with Gasteiger partial charge in [-0.3, -0.25) is 10.1 Å². The first-order chi connectivity index (χ1) is 7.89. The summed E-state index contributed by atoms with van der Waals surface area (Å²) in [5.41, 5.74) is -0.756. The molecule has 17 heavy (non-hydrogen) atoms. The number of hydrogen-bond acceptors (Lipinski definition) is 2. The van der Waals surface area contributed by atoms with Crippen LogP contribution >= 0.6 is 0 Å². The quantitative estimate of drug-likeness (QED) is 0.778. The fourth-order valence-electron chi connectivity index (χ4n) is 3.03. The first-order valence-corrected chi connectivity index (χ1v) is 6.90. The van der Waals surface area contributed by atoms with Gasteiger partial charge in [0, 0.05) is 6.04 Å². The zero-order valence-corrected chi connectivity index (χ0v) is 11.6. The third-order valence-electron chi connectivity index (χ3n) is 4.16. The van der Waals surface area contributed by atoms with Gasteiger partial charge in [-0.1, -0.05) is 27.2 Å². The van der Waals surface area contributed by atoms with Crippen molar-refractivity contribution in [3.05, 3.63) is 0 Å². The van der Waals surface area contributed by atoms with E-state index in [4.69, 9.17) is 0 Å². The highest BCUT2D eigenvalue weighted by Crippen LogP contribution is 2.30. The summed E-state index contributed by atoms with van der Waals surface area (Å²) in [6.07, 6.45) is 5.12. The fourth-order valence-corrected chi connectivity index (χ4v) is 3.03. The minimum atomic E-state index is -0.756. The van der Waals surface area contributed by atoms with Crippen LogP contribution in [0.4, 0.5) is 0 Å². The second-order valence-corrected chi connectivity index (χ2v) is 6.03. The van der Waals surface area contributed by atoms with Gasteiger partial charge in [0.2, 0.25) is 0 Å². The van der Waals surface area contributed by atoms with Crippen molar-refractivity contribution < 1.29 is 9.90 Å². The highest BCUT2D eigenvalue weighted by molar-refractivity contribution is 5.78. The SMILES string of the molecule is CCCC(C)(NC1CCC(C)CC1C)C(=O)O. The summed E-state index contributed by atoms with van der Waals surface area (Å²) in [4.78, 5) is 11.4. The molecule has 4 unspecified atom stereocenters. The molecule has 0 aromatic carbocycles. The molecule has 1 aliphatic carbocycles. The topological polar surface area (TPSA) is 49.3 Å². The van der Waals surface area contributed by atoms with E-state index < -0.39 is 11.5 Å². The molecule has 4 atom stereocenters. The Morgan fingerprint density at radius 2 is 2.06 bits per heavy atom.